The number of likely N-dealkylation sites (N-methyl/N-ethyl adjacent to an activating group) is 1. The summed E-state index contributed by atoms with van der Waals surface area (Å²) in [6.07, 6.45) is 2.27. The monoisotopic (exact) mass is 444 g/mol. The first-order chi connectivity index (χ1) is 15.5. The molecule has 0 bridgehead atoms. The van der Waals surface area contributed by atoms with Gasteiger partial charge in [0.25, 0.3) is 0 Å². The normalized spacial score (nSPS) is 14.2. The molecule has 1 aliphatic rings. The number of hydrogen-bond acceptors (Lipinski definition) is 6. The second-order valence-electron chi connectivity index (χ2n) is 7.33. The lowest BCUT2D eigenvalue weighted by molar-refractivity contribution is -0.159. The number of carbonyl (C=O) groups is 2. The highest BCUT2D eigenvalue weighted by Gasteiger charge is 2.14. The number of unbranched alkanes of at least 4 members (excludes halogenated alkanes) is 1. The molecular weight excluding hydrogens is 412 g/mol. The van der Waals surface area contributed by atoms with E-state index >= 15 is 0 Å². The molecule has 1 heterocycles. The molecule has 1 aliphatic heterocycles. The Morgan fingerprint density at radius 1 is 0.812 bits per heavy atom. The number of benzene rings is 2. The summed E-state index contributed by atoms with van der Waals surface area (Å²) in [5.74, 6) is -1.13. The Bertz CT molecular complexity index is 810. The van der Waals surface area contributed by atoms with E-state index in [2.05, 4.69) is 16.7 Å². The lowest BCUT2D eigenvalue weighted by Crippen LogP contribution is -2.46. The quantitative estimate of drug-likeness (QED) is 0.448. The Balaban J connectivity index is 0.000000534. The largest absolute Gasteiger partial charge is 0.493 e. The van der Waals surface area contributed by atoms with Gasteiger partial charge in [-0.05, 0) is 50.2 Å². The van der Waals surface area contributed by atoms with Crippen LogP contribution in [0.5, 0.6) is 17.2 Å². The predicted octanol–water partition coefficient (Wildman–Crippen LogP) is 3.43. The topological polar surface area (TPSA) is 99.5 Å². The van der Waals surface area contributed by atoms with Gasteiger partial charge < -0.3 is 29.5 Å². The number of para-hydroxylation sites is 1. The van der Waals surface area contributed by atoms with Crippen molar-refractivity contribution in [1.82, 2.24) is 9.80 Å². The van der Waals surface area contributed by atoms with Crippen LogP contribution >= 0.6 is 0 Å². The van der Waals surface area contributed by atoms with Crippen LogP contribution < -0.4 is 9.47 Å². The third-order valence-corrected chi connectivity index (χ3v) is 5.02. The molecule has 2 N–H and O–H groups in total. The smallest absolute Gasteiger partial charge is 0.414 e. The molecule has 0 unspecified atom stereocenters. The van der Waals surface area contributed by atoms with Crippen LogP contribution in [0.1, 0.15) is 19.8 Å². The fraction of sp³-hybridized carbons (Fsp3) is 0.417. The van der Waals surface area contributed by atoms with Gasteiger partial charge in [-0.15, -0.1) is 0 Å². The number of nitrogens with zero attached hydrogens (tertiary/aromatic N) is 2. The van der Waals surface area contributed by atoms with E-state index < -0.39 is 11.9 Å². The number of carboxylic acids is 2. The molecule has 2 aromatic rings. The summed E-state index contributed by atoms with van der Waals surface area (Å²) in [4.78, 5) is 23.3. The molecule has 8 nitrogen and oxygen atoms in total. The van der Waals surface area contributed by atoms with Crippen LogP contribution in [0.2, 0.25) is 0 Å². The summed E-state index contributed by atoms with van der Waals surface area (Å²) >= 11 is 0. The minimum absolute atomic E-state index is 0.754. The average Bonchev–Trinajstić information content (AvgIpc) is 2.80. The minimum atomic E-state index is -1.82. The number of hydrogen-bond donors (Lipinski definition) is 2. The Hall–Kier alpha value is -3.10. The van der Waals surface area contributed by atoms with Crippen LogP contribution in [0.3, 0.4) is 0 Å². The average molecular weight is 445 g/mol. The standard InChI is InChI=1S/C22H30N2O2.C2H2O4/c1-2-23-14-16-24(17-15-23)13-6-7-18-25-21-11-8-12-22(19-21)26-20-9-4-3-5-10-20;3-1(4)2(5)6/h3-5,8-12,19H,2,6-7,13-18H2,1H3;(H,3,4)(H,5,6). The number of aliphatic carboxylic acids is 2. The zero-order valence-corrected chi connectivity index (χ0v) is 18.5. The molecule has 0 atom stereocenters. The Morgan fingerprint density at radius 2 is 1.41 bits per heavy atom. The Labute approximate surface area is 189 Å². The molecule has 2 aromatic carbocycles. The SMILES string of the molecule is CCN1CCN(CCCCOc2cccc(Oc3ccccc3)c2)CC1.O=C(O)C(=O)O. The molecule has 0 aromatic heterocycles. The van der Waals surface area contributed by atoms with E-state index in [0.29, 0.717) is 0 Å². The summed E-state index contributed by atoms with van der Waals surface area (Å²) in [5, 5.41) is 14.8. The first-order valence-electron chi connectivity index (χ1n) is 10.8. The molecule has 0 radical (unpaired) electrons. The summed E-state index contributed by atoms with van der Waals surface area (Å²) in [5.41, 5.74) is 0. The predicted molar refractivity (Wildman–Crippen MR) is 122 cm³/mol. The van der Waals surface area contributed by atoms with Crippen molar-refractivity contribution >= 4 is 11.9 Å². The fourth-order valence-electron chi connectivity index (χ4n) is 3.21. The van der Waals surface area contributed by atoms with Crippen molar-refractivity contribution < 1.29 is 29.3 Å². The fourth-order valence-corrected chi connectivity index (χ4v) is 3.21. The molecular formula is C24H32N2O6. The lowest BCUT2D eigenvalue weighted by Gasteiger charge is -2.33. The molecule has 0 aliphatic carbocycles. The van der Waals surface area contributed by atoms with E-state index in [-0.39, 0.29) is 0 Å². The van der Waals surface area contributed by atoms with E-state index in [0.717, 1.165) is 30.3 Å². The van der Waals surface area contributed by atoms with Crippen LogP contribution in [0, 0.1) is 0 Å². The van der Waals surface area contributed by atoms with Gasteiger partial charge in [-0.3, -0.25) is 0 Å². The van der Waals surface area contributed by atoms with Gasteiger partial charge in [0.15, 0.2) is 0 Å². The summed E-state index contributed by atoms with van der Waals surface area (Å²) in [7, 11) is 0. The van der Waals surface area contributed by atoms with Crippen molar-refractivity contribution in [1.29, 1.82) is 0 Å². The maximum absolute atomic E-state index is 9.10. The number of piperazine rings is 1. The van der Waals surface area contributed by atoms with Crippen molar-refractivity contribution in [2.45, 2.75) is 19.8 Å². The second kappa shape index (κ2) is 14.1. The highest BCUT2D eigenvalue weighted by atomic mass is 16.5. The van der Waals surface area contributed by atoms with Gasteiger partial charge in [0.05, 0.1) is 6.61 Å². The molecule has 32 heavy (non-hydrogen) atoms. The molecule has 174 valence electrons. The van der Waals surface area contributed by atoms with Crippen molar-refractivity contribution in [3.05, 3.63) is 54.6 Å². The number of carboxylic acid groups (broad SMARTS) is 2. The van der Waals surface area contributed by atoms with Gasteiger partial charge in [0, 0.05) is 32.2 Å². The first-order valence-corrected chi connectivity index (χ1v) is 10.8. The molecule has 1 saturated heterocycles. The van der Waals surface area contributed by atoms with Gasteiger partial charge in [0.2, 0.25) is 0 Å². The number of rotatable bonds is 9. The Morgan fingerprint density at radius 3 is 2.03 bits per heavy atom. The van der Waals surface area contributed by atoms with Gasteiger partial charge >= 0.3 is 11.9 Å². The lowest BCUT2D eigenvalue weighted by atomic mass is 10.2. The van der Waals surface area contributed by atoms with Crippen molar-refractivity contribution in [2.75, 3.05) is 45.9 Å². The second-order valence-corrected chi connectivity index (χ2v) is 7.33. The van der Waals surface area contributed by atoms with Crippen LogP contribution in [-0.4, -0.2) is 77.8 Å². The van der Waals surface area contributed by atoms with E-state index in [4.69, 9.17) is 29.3 Å². The molecule has 0 spiro atoms. The van der Waals surface area contributed by atoms with Crippen LogP contribution in [-0.2, 0) is 9.59 Å². The van der Waals surface area contributed by atoms with E-state index in [1.165, 1.54) is 45.7 Å². The molecule has 0 amide bonds. The zero-order chi connectivity index (χ0) is 23.2. The zero-order valence-electron chi connectivity index (χ0n) is 18.5. The van der Waals surface area contributed by atoms with Gasteiger partial charge in [-0.25, -0.2) is 9.59 Å². The molecule has 1 fully saturated rings. The van der Waals surface area contributed by atoms with Gasteiger partial charge in [-0.2, -0.15) is 0 Å². The van der Waals surface area contributed by atoms with Crippen molar-refractivity contribution in [2.24, 2.45) is 0 Å². The molecule has 3 rings (SSSR count). The van der Waals surface area contributed by atoms with Gasteiger partial charge in [-0.1, -0.05) is 31.2 Å². The van der Waals surface area contributed by atoms with Crippen LogP contribution in [0.15, 0.2) is 54.6 Å². The third kappa shape index (κ3) is 9.80. The maximum atomic E-state index is 9.10. The van der Waals surface area contributed by atoms with Crippen LogP contribution in [0.4, 0.5) is 0 Å². The Kier molecular flexibility index (Phi) is 11.1. The summed E-state index contributed by atoms with van der Waals surface area (Å²) < 4.78 is 11.8. The third-order valence-electron chi connectivity index (χ3n) is 5.02. The van der Waals surface area contributed by atoms with Crippen molar-refractivity contribution in [3.8, 4) is 17.2 Å². The number of ether oxygens (including phenoxy) is 2. The van der Waals surface area contributed by atoms with Gasteiger partial charge in [0.1, 0.15) is 17.2 Å². The molecule has 0 saturated carbocycles. The van der Waals surface area contributed by atoms with E-state index in [1.807, 2.05) is 54.6 Å². The van der Waals surface area contributed by atoms with Crippen LogP contribution in [0.25, 0.3) is 0 Å². The highest BCUT2D eigenvalue weighted by molar-refractivity contribution is 6.27. The molecule has 8 heteroatoms. The minimum Gasteiger partial charge on any atom is -0.493 e. The first kappa shape index (κ1) is 25.2. The summed E-state index contributed by atoms with van der Waals surface area (Å²) in [6, 6.07) is 17.7. The van der Waals surface area contributed by atoms with Crippen molar-refractivity contribution in [3.63, 3.8) is 0 Å². The maximum Gasteiger partial charge on any atom is 0.414 e. The highest BCUT2D eigenvalue weighted by Crippen LogP contribution is 2.25. The van der Waals surface area contributed by atoms with E-state index in [9.17, 15) is 0 Å². The summed E-state index contributed by atoms with van der Waals surface area (Å²) in [6.45, 7) is 10.2. The van der Waals surface area contributed by atoms with E-state index in [1.54, 1.807) is 0 Å².